The van der Waals surface area contributed by atoms with Crippen molar-refractivity contribution in [1.82, 2.24) is 10.6 Å². The highest BCUT2D eigenvalue weighted by atomic mass is 16.6. The number of nitrogens with one attached hydrogen (secondary N) is 2. The molecule has 1 rings (SSSR count). The minimum Gasteiger partial charge on any atom is -0.481 e. The van der Waals surface area contributed by atoms with Crippen LogP contribution >= 0.6 is 0 Å². The lowest BCUT2D eigenvalue weighted by Gasteiger charge is -2.36. The number of hydrogen-bond acceptors (Lipinski definition) is 4. The largest absolute Gasteiger partial charge is 0.481 e. The predicted octanol–water partition coefficient (Wildman–Crippen LogP) is 2.69. The summed E-state index contributed by atoms with van der Waals surface area (Å²) in [6, 6.07) is -0.924. The molecule has 0 aromatic heterocycles. The fourth-order valence-electron chi connectivity index (χ4n) is 3.34. The van der Waals surface area contributed by atoms with Gasteiger partial charge in [0, 0.05) is 6.04 Å². The zero-order valence-corrected chi connectivity index (χ0v) is 15.9. The summed E-state index contributed by atoms with van der Waals surface area (Å²) < 4.78 is 5.15. The van der Waals surface area contributed by atoms with Crippen LogP contribution in [0.2, 0.25) is 0 Å². The molecule has 1 aliphatic rings. The van der Waals surface area contributed by atoms with Gasteiger partial charge in [0.1, 0.15) is 11.6 Å². The fraction of sp³-hybridized carbons (Fsp3) is 0.833. The first kappa shape index (κ1) is 21.3. The average Bonchev–Trinajstić information content (AvgIpc) is 2.47. The molecule has 0 aliphatic heterocycles. The minimum absolute atomic E-state index is 0.0751. The highest BCUT2D eigenvalue weighted by Gasteiger charge is 2.36. The van der Waals surface area contributed by atoms with E-state index in [1.54, 1.807) is 27.7 Å². The third-order valence-corrected chi connectivity index (χ3v) is 4.55. The van der Waals surface area contributed by atoms with Gasteiger partial charge in [0.15, 0.2) is 0 Å². The zero-order valence-electron chi connectivity index (χ0n) is 15.9. The maximum Gasteiger partial charge on any atom is 0.408 e. The summed E-state index contributed by atoms with van der Waals surface area (Å²) in [6.07, 6.45) is 3.39. The van der Waals surface area contributed by atoms with E-state index in [9.17, 15) is 19.5 Å². The molecule has 3 N–H and O–H groups in total. The van der Waals surface area contributed by atoms with Crippen molar-refractivity contribution in [1.29, 1.82) is 0 Å². The van der Waals surface area contributed by atoms with Crippen LogP contribution in [-0.2, 0) is 14.3 Å². The Morgan fingerprint density at radius 3 is 2.32 bits per heavy atom. The number of rotatable bonds is 6. The SMILES string of the molecule is CC[C@@H](C(=O)O)[C@H]1CCCC[C@H]1NC(=O)[C@@H](C)NC(=O)OC(C)(C)C. The van der Waals surface area contributed by atoms with E-state index in [0.717, 1.165) is 25.7 Å². The topological polar surface area (TPSA) is 105 Å². The number of ether oxygens (including phenoxy) is 1. The van der Waals surface area contributed by atoms with Crippen LogP contribution < -0.4 is 10.6 Å². The summed E-state index contributed by atoms with van der Waals surface area (Å²) in [5.41, 5.74) is -0.634. The van der Waals surface area contributed by atoms with Crippen LogP contribution in [0.4, 0.5) is 4.79 Å². The van der Waals surface area contributed by atoms with Gasteiger partial charge in [0.05, 0.1) is 5.92 Å². The van der Waals surface area contributed by atoms with Gasteiger partial charge in [0.25, 0.3) is 0 Å². The third-order valence-electron chi connectivity index (χ3n) is 4.55. The van der Waals surface area contributed by atoms with Crippen molar-refractivity contribution >= 4 is 18.0 Å². The van der Waals surface area contributed by atoms with E-state index in [1.807, 2.05) is 6.92 Å². The fourth-order valence-corrected chi connectivity index (χ4v) is 3.34. The molecule has 7 nitrogen and oxygen atoms in total. The molecule has 1 saturated carbocycles. The molecule has 2 amide bonds. The molecule has 0 aromatic rings. The number of amides is 2. The Hall–Kier alpha value is -1.79. The first-order valence-electron chi connectivity index (χ1n) is 9.07. The van der Waals surface area contributed by atoms with E-state index in [-0.39, 0.29) is 17.9 Å². The number of carbonyl (C=O) groups excluding carboxylic acids is 2. The van der Waals surface area contributed by atoms with Crippen molar-refractivity contribution in [2.75, 3.05) is 0 Å². The first-order chi connectivity index (χ1) is 11.5. The van der Waals surface area contributed by atoms with Crippen LogP contribution in [0.15, 0.2) is 0 Å². The molecule has 0 radical (unpaired) electrons. The standard InChI is InChI=1S/C18H32N2O5/c1-6-12(16(22)23)13-9-7-8-10-14(13)20-15(21)11(2)19-17(24)25-18(3,4)5/h11-14H,6-10H2,1-5H3,(H,19,24)(H,20,21)(H,22,23)/t11-,12-,13-,14-/m1/s1. The molecule has 0 saturated heterocycles. The minimum atomic E-state index is -0.812. The van der Waals surface area contributed by atoms with Crippen molar-refractivity contribution in [3.63, 3.8) is 0 Å². The van der Waals surface area contributed by atoms with E-state index >= 15 is 0 Å². The molecule has 144 valence electrons. The average molecular weight is 356 g/mol. The summed E-state index contributed by atoms with van der Waals surface area (Å²) in [4.78, 5) is 35.7. The lowest BCUT2D eigenvalue weighted by atomic mass is 9.75. The number of carboxylic acid groups (broad SMARTS) is 1. The molecule has 0 heterocycles. The van der Waals surface area contributed by atoms with Gasteiger partial charge >= 0.3 is 12.1 Å². The Balaban J connectivity index is 2.66. The molecule has 1 aliphatic carbocycles. The highest BCUT2D eigenvalue weighted by Crippen LogP contribution is 2.32. The van der Waals surface area contributed by atoms with Gasteiger partial charge in [-0.1, -0.05) is 19.8 Å². The zero-order chi connectivity index (χ0) is 19.2. The molecule has 4 atom stereocenters. The van der Waals surface area contributed by atoms with Crippen molar-refractivity contribution < 1.29 is 24.2 Å². The number of hydrogen-bond donors (Lipinski definition) is 3. The lowest BCUT2D eigenvalue weighted by Crippen LogP contribution is -2.52. The van der Waals surface area contributed by atoms with E-state index in [1.165, 1.54) is 0 Å². The molecule has 25 heavy (non-hydrogen) atoms. The molecular formula is C18H32N2O5. The second kappa shape index (κ2) is 9.06. The maximum absolute atomic E-state index is 12.4. The second-order valence-corrected chi connectivity index (χ2v) is 7.78. The molecule has 0 spiro atoms. The predicted molar refractivity (Wildman–Crippen MR) is 94.1 cm³/mol. The summed E-state index contributed by atoms with van der Waals surface area (Å²) in [5, 5.41) is 14.9. The highest BCUT2D eigenvalue weighted by molar-refractivity contribution is 5.85. The van der Waals surface area contributed by atoms with Crippen molar-refractivity contribution in [3.8, 4) is 0 Å². The monoisotopic (exact) mass is 356 g/mol. The lowest BCUT2D eigenvalue weighted by molar-refractivity contribution is -0.145. The Bertz CT molecular complexity index is 486. The summed E-state index contributed by atoms with van der Waals surface area (Å²) >= 11 is 0. The second-order valence-electron chi connectivity index (χ2n) is 7.78. The molecule has 7 heteroatoms. The van der Waals surface area contributed by atoms with Crippen molar-refractivity contribution in [2.45, 2.75) is 84.4 Å². The molecular weight excluding hydrogens is 324 g/mol. The van der Waals surface area contributed by atoms with Crippen LogP contribution in [0.5, 0.6) is 0 Å². The van der Waals surface area contributed by atoms with Crippen LogP contribution in [-0.4, -0.2) is 40.8 Å². The van der Waals surface area contributed by atoms with Crippen LogP contribution in [0.25, 0.3) is 0 Å². The Labute approximate surface area is 149 Å². The van der Waals surface area contributed by atoms with Crippen LogP contribution in [0.3, 0.4) is 0 Å². The van der Waals surface area contributed by atoms with Crippen molar-refractivity contribution in [2.24, 2.45) is 11.8 Å². The van der Waals surface area contributed by atoms with Gasteiger partial charge in [0.2, 0.25) is 5.91 Å². The quantitative estimate of drug-likeness (QED) is 0.679. The molecule has 0 aromatic carbocycles. The van der Waals surface area contributed by atoms with Gasteiger partial charge in [-0.2, -0.15) is 0 Å². The van der Waals surface area contributed by atoms with Crippen LogP contribution in [0, 0.1) is 11.8 Å². The Morgan fingerprint density at radius 1 is 1.20 bits per heavy atom. The molecule has 0 bridgehead atoms. The maximum atomic E-state index is 12.4. The van der Waals surface area contributed by atoms with Gasteiger partial charge in [-0.3, -0.25) is 9.59 Å². The van der Waals surface area contributed by atoms with E-state index in [0.29, 0.717) is 6.42 Å². The normalized spacial score (nSPS) is 23.2. The van der Waals surface area contributed by atoms with Gasteiger partial charge in [-0.25, -0.2) is 4.79 Å². The molecule has 1 fully saturated rings. The van der Waals surface area contributed by atoms with Crippen molar-refractivity contribution in [3.05, 3.63) is 0 Å². The van der Waals surface area contributed by atoms with E-state index in [2.05, 4.69) is 10.6 Å². The smallest absolute Gasteiger partial charge is 0.408 e. The van der Waals surface area contributed by atoms with Gasteiger partial charge in [-0.05, 0) is 52.9 Å². The first-order valence-corrected chi connectivity index (χ1v) is 9.07. The Morgan fingerprint density at radius 2 is 1.80 bits per heavy atom. The number of carbonyl (C=O) groups is 3. The number of alkyl carbamates (subject to hydrolysis) is 1. The van der Waals surface area contributed by atoms with Crippen LogP contribution in [0.1, 0.15) is 66.7 Å². The van der Waals surface area contributed by atoms with Gasteiger partial charge in [-0.15, -0.1) is 0 Å². The number of carboxylic acids is 1. The van der Waals surface area contributed by atoms with E-state index < -0.39 is 29.6 Å². The van der Waals surface area contributed by atoms with E-state index in [4.69, 9.17) is 4.74 Å². The summed E-state index contributed by atoms with van der Waals surface area (Å²) in [5.74, 6) is -1.66. The third kappa shape index (κ3) is 6.92. The molecule has 0 unspecified atom stereocenters. The summed E-state index contributed by atoms with van der Waals surface area (Å²) in [6.45, 7) is 8.70. The Kier molecular flexibility index (Phi) is 7.70. The summed E-state index contributed by atoms with van der Waals surface area (Å²) in [7, 11) is 0. The number of aliphatic carboxylic acids is 1. The van der Waals surface area contributed by atoms with Gasteiger partial charge < -0.3 is 20.5 Å².